The Morgan fingerprint density at radius 1 is 1.19 bits per heavy atom. The number of anilines is 2. The van der Waals surface area contributed by atoms with E-state index in [9.17, 15) is 13.2 Å². The number of carbonyl (C=O) groups excluding carboxylic acids is 1. The summed E-state index contributed by atoms with van der Waals surface area (Å²) in [5.41, 5.74) is 1.83. The van der Waals surface area contributed by atoms with Crippen LogP contribution in [-0.4, -0.2) is 63.8 Å². The third-order valence-corrected chi connectivity index (χ3v) is 6.31. The molecule has 2 aliphatic heterocycles. The predicted octanol–water partition coefficient (Wildman–Crippen LogP) is 2.06. The van der Waals surface area contributed by atoms with Crippen LogP contribution in [0.3, 0.4) is 0 Å². The molecule has 150 valence electrons. The van der Waals surface area contributed by atoms with Crippen LogP contribution >= 0.6 is 0 Å². The molecule has 2 aliphatic rings. The Bertz CT molecular complexity index is 724. The average molecular weight is 396 g/mol. The minimum Gasteiger partial charge on any atom is -0.377 e. The van der Waals surface area contributed by atoms with Gasteiger partial charge in [-0.2, -0.15) is 4.31 Å². The highest BCUT2D eigenvalue weighted by atomic mass is 32.2. The summed E-state index contributed by atoms with van der Waals surface area (Å²) in [6.07, 6.45) is 6.46. The molecule has 0 bridgehead atoms. The zero-order valence-corrected chi connectivity index (χ0v) is 16.7. The van der Waals surface area contributed by atoms with Gasteiger partial charge in [-0.05, 0) is 56.4 Å². The molecule has 0 saturated carbocycles. The Morgan fingerprint density at radius 2 is 1.89 bits per heavy atom. The maximum atomic E-state index is 12.4. The molecule has 1 unspecified atom stereocenters. The standard InChI is InChI=1S/C19H29N3O4S/c1-27(24,25)22(14-18-6-5-13-26-18)15-19(23)20-16-7-9-17(10-8-16)21-11-3-2-4-12-21/h7-10,18H,2-6,11-15H2,1H3,(H,20,23). The number of carbonyl (C=O) groups is 1. The first kappa shape index (κ1) is 20.1. The molecule has 2 saturated heterocycles. The summed E-state index contributed by atoms with van der Waals surface area (Å²) in [5, 5.41) is 2.80. The lowest BCUT2D eigenvalue weighted by Crippen LogP contribution is -2.41. The fraction of sp³-hybridized carbons (Fsp3) is 0.632. The van der Waals surface area contributed by atoms with E-state index in [1.807, 2.05) is 24.3 Å². The Hall–Kier alpha value is -1.64. The molecule has 0 radical (unpaired) electrons. The molecule has 1 atom stereocenters. The van der Waals surface area contributed by atoms with Crippen molar-refractivity contribution >= 4 is 27.3 Å². The number of hydrogen-bond donors (Lipinski definition) is 1. The number of sulfonamides is 1. The molecule has 7 nitrogen and oxygen atoms in total. The number of hydrogen-bond acceptors (Lipinski definition) is 5. The Balaban J connectivity index is 1.56. The first-order chi connectivity index (χ1) is 12.9. The minimum atomic E-state index is -3.48. The number of nitrogens with one attached hydrogen (secondary N) is 1. The second-order valence-electron chi connectivity index (χ2n) is 7.33. The van der Waals surface area contributed by atoms with Gasteiger partial charge in [-0.15, -0.1) is 0 Å². The lowest BCUT2D eigenvalue weighted by atomic mass is 10.1. The van der Waals surface area contributed by atoms with Crippen molar-refractivity contribution in [2.75, 3.05) is 49.3 Å². The van der Waals surface area contributed by atoms with Crippen LogP contribution in [0.4, 0.5) is 11.4 Å². The molecule has 0 aromatic heterocycles. The van der Waals surface area contributed by atoms with Crippen molar-refractivity contribution in [2.45, 2.75) is 38.2 Å². The van der Waals surface area contributed by atoms with Crippen molar-refractivity contribution in [3.63, 3.8) is 0 Å². The Labute approximate surface area is 161 Å². The highest BCUT2D eigenvalue weighted by Crippen LogP contribution is 2.22. The van der Waals surface area contributed by atoms with Gasteiger partial charge in [0.25, 0.3) is 0 Å². The summed E-state index contributed by atoms with van der Waals surface area (Å²) >= 11 is 0. The molecule has 1 aromatic carbocycles. The van der Waals surface area contributed by atoms with Gasteiger partial charge in [0.2, 0.25) is 15.9 Å². The second-order valence-corrected chi connectivity index (χ2v) is 9.32. The van der Waals surface area contributed by atoms with Crippen LogP contribution in [0.15, 0.2) is 24.3 Å². The number of rotatable bonds is 7. The molecule has 3 rings (SSSR count). The fourth-order valence-corrected chi connectivity index (χ4v) is 4.39. The number of ether oxygens (including phenoxy) is 1. The minimum absolute atomic E-state index is 0.128. The van der Waals surface area contributed by atoms with Gasteiger partial charge >= 0.3 is 0 Å². The van der Waals surface area contributed by atoms with E-state index in [0.29, 0.717) is 12.3 Å². The van der Waals surface area contributed by atoms with Gasteiger partial charge in [-0.3, -0.25) is 4.79 Å². The van der Waals surface area contributed by atoms with Crippen molar-refractivity contribution in [1.82, 2.24) is 4.31 Å². The molecule has 2 heterocycles. The van der Waals surface area contributed by atoms with Crippen LogP contribution in [0.25, 0.3) is 0 Å². The zero-order valence-electron chi connectivity index (χ0n) is 15.9. The lowest BCUT2D eigenvalue weighted by Gasteiger charge is -2.28. The molecule has 8 heteroatoms. The predicted molar refractivity (Wildman–Crippen MR) is 107 cm³/mol. The van der Waals surface area contributed by atoms with Gasteiger partial charge in [0, 0.05) is 37.6 Å². The smallest absolute Gasteiger partial charge is 0.239 e. The quantitative estimate of drug-likeness (QED) is 0.764. The van der Waals surface area contributed by atoms with E-state index in [-0.39, 0.29) is 25.1 Å². The Morgan fingerprint density at radius 3 is 2.48 bits per heavy atom. The normalized spacial score (nSPS) is 20.8. The molecule has 0 aliphatic carbocycles. The van der Waals surface area contributed by atoms with E-state index >= 15 is 0 Å². The van der Waals surface area contributed by atoms with Crippen molar-refractivity contribution < 1.29 is 17.9 Å². The monoisotopic (exact) mass is 395 g/mol. The SMILES string of the molecule is CS(=O)(=O)N(CC(=O)Nc1ccc(N2CCCCC2)cc1)CC1CCCO1. The molecule has 1 aromatic rings. The lowest BCUT2D eigenvalue weighted by molar-refractivity contribution is -0.116. The first-order valence-electron chi connectivity index (χ1n) is 9.63. The number of piperidine rings is 1. The number of amides is 1. The number of benzene rings is 1. The van der Waals surface area contributed by atoms with Gasteiger partial charge < -0.3 is 15.0 Å². The summed E-state index contributed by atoms with van der Waals surface area (Å²) in [7, 11) is -3.48. The van der Waals surface area contributed by atoms with E-state index in [4.69, 9.17) is 4.74 Å². The zero-order chi connectivity index (χ0) is 19.3. The summed E-state index contributed by atoms with van der Waals surface area (Å²) in [4.78, 5) is 14.7. The summed E-state index contributed by atoms with van der Waals surface area (Å²) in [6, 6.07) is 7.74. The average Bonchev–Trinajstić information content (AvgIpc) is 3.15. The van der Waals surface area contributed by atoms with Crippen LogP contribution in [0.5, 0.6) is 0 Å². The van der Waals surface area contributed by atoms with Crippen LogP contribution < -0.4 is 10.2 Å². The van der Waals surface area contributed by atoms with E-state index in [0.717, 1.165) is 37.9 Å². The van der Waals surface area contributed by atoms with Crippen molar-refractivity contribution in [1.29, 1.82) is 0 Å². The van der Waals surface area contributed by atoms with Crippen molar-refractivity contribution in [2.24, 2.45) is 0 Å². The van der Waals surface area contributed by atoms with E-state index in [1.165, 1.54) is 23.6 Å². The highest BCUT2D eigenvalue weighted by Gasteiger charge is 2.26. The maximum absolute atomic E-state index is 12.4. The third kappa shape index (κ3) is 5.92. The maximum Gasteiger partial charge on any atom is 0.239 e. The second kappa shape index (κ2) is 9.03. The van der Waals surface area contributed by atoms with Crippen LogP contribution in [-0.2, 0) is 19.6 Å². The topological polar surface area (TPSA) is 79.0 Å². The summed E-state index contributed by atoms with van der Waals surface area (Å²) < 4.78 is 30.7. The van der Waals surface area contributed by atoms with Gasteiger partial charge in [0.15, 0.2) is 0 Å². The molecule has 0 spiro atoms. The van der Waals surface area contributed by atoms with Gasteiger partial charge in [0.1, 0.15) is 0 Å². The van der Waals surface area contributed by atoms with Crippen molar-refractivity contribution in [3.05, 3.63) is 24.3 Å². The largest absolute Gasteiger partial charge is 0.377 e. The third-order valence-electron chi connectivity index (χ3n) is 5.09. The van der Waals surface area contributed by atoms with E-state index in [1.54, 1.807) is 0 Å². The Kier molecular flexibility index (Phi) is 6.73. The van der Waals surface area contributed by atoms with Crippen LogP contribution in [0.1, 0.15) is 32.1 Å². The van der Waals surface area contributed by atoms with Gasteiger partial charge in [0.05, 0.1) is 18.9 Å². The van der Waals surface area contributed by atoms with Crippen LogP contribution in [0, 0.1) is 0 Å². The molecular formula is C19H29N3O4S. The van der Waals surface area contributed by atoms with Crippen molar-refractivity contribution in [3.8, 4) is 0 Å². The van der Waals surface area contributed by atoms with E-state index < -0.39 is 10.0 Å². The molecule has 1 N–H and O–H groups in total. The van der Waals surface area contributed by atoms with E-state index in [2.05, 4.69) is 10.2 Å². The van der Waals surface area contributed by atoms with Gasteiger partial charge in [-0.25, -0.2) is 8.42 Å². The van der Waals surface area contributed by atoms with Crippen LogP contribution in [0.2, 0.25) is 0 Å². The summed E-state index contributed by atoms with van der Waals surface area (Å²) in [6.45, 7) is 2.81. The molecule has 1 amide bonds. The molecule has 27 heavy (non-hydrogen) atoms. The fourth-order valence-electron chi connectivity index (χ4n) is 3.60. The highest BCUT2D eigenvalue weighted by molar-refractivity contribution is 7.88. The van der Waals surface area contributed by atoms with Gasteiger partial charge in [-0.1, -0.05) is 0 Å². The number of nitrogens with zero attached hydrogens (tertiary/aromatic N) is 2. The first-order valence-corrected chi connectivity index (χ1v) is 11.5. The molecular weight excluding hydrogens is 366 g/mol. The summed E-state index contributed by atoms with van der Waals surface area (Å²) in [5.74, 6) is -0.343. The molecule has 2 fully saturated rings.